The van der Waals surface area contributed by atoms with Crippen molar-refractivity contribution in [1.82, 2.24) is 15.5 Å². The van der Waals surface area contributed by atoms with E-state index in [4.69, 9.17) is 9.15 Å². The first-order chi connectivity index (χ1) is 13.0. The van der Waals surface area contributed by atoms with Crippen molar-refractivity contribution >= 4 is 17.2 Å². The lowest BCUT2D eigenvalue weighted by atomic mass is 9.98. The van der Waals surface area contributed by atoms with Crippen LogP contribution in [-0.4, -0.2) is 48.4 Å². The molecule has 0 spiro atoms. The Morgan fingerprint density at radius 2 is 2.37 bits per heavy atom. The van der Waals surface area contributed by atoms with Crippen LogP contribution in [0.1, 0.15) is 25.7 Å². The Balaban J connectivity index is 1.61. The van der Waals surface area contributed by atoms with Crippen molar-refractivity contribution < 1.29 is 18.8 Å². The highest BCUT2D eigenvalue weighted by atomic mass is 32.1. The number of carbonyl (C=O) groups is 1. The SMILES string of the molecule is COCC[NH+](CC(=O)N[C@](C)(C#N)C1CC1)Cc1nnc(-c2cccs2)o1. The van der Waals surface area contributed by atoms with E-state index in [1.165, 1.54) is 11.3 Å². The molecule has 0 saturated heterocycles. The summed E-state index contributed by atoms with van der Waals surface area (Å²) in [6, 6.07) is 6.10. The fourth-order valence-corrected chi connectivity index (χ4v) is 3.61. The number of nitrogens with zero attached hydrogens (tertiary/aromatic N) is 3. The van der Waals surface area contributed by atoms with Gasteiger partial charge in [-0.25, -0.2) is 0 Å². The maximum atomic E-state index is 12.5. The largest absolute Gasteiger partial charge is 0.414 e. The van der Waals surface area contributed by atoms with Crippen LogP contribution in [0, 0.1) is 17.2 Å². The zero-order valence-corrected chi connectivity index (χ0v) is 16.3. The van der Waals surface area contributed by atoms with Crippen LogP contribution in [0.15, 0.2) is 21.9 Å². The number of methoxy groups -OCH3 is 1. The minimum absolute atomic E-state index is 0.157. The normalized spacial score (nSPS) is 17.1. The van der Waals surface area contributed by atoms with Crippen LogP contribution in [0.25, 0.3) is 10.8 Å². The Morgan fingerprint density at radius 3 is 3.00 bits per heavy atom. The maximum absolute atomic E-state index is 12.5. The minimum Gasteiger partial charge on any atom is -0.414 e. The molecule has 2 N–H and O–H groups in total. The number of ether oxygens (including phenoxy) is 1. The van der Waals surface area contributed by atoms with Gasteiger partial charge >= 0.3 is 0 Å². The molecule has 2 atom stereocenters. The standard InChI is InChI=1S/C18H23N5O3S/c1-18(12-19,13-5-6-13)20-15(24)10-23(7-8-25-2)11-16-21-22-17(26-16)14-4-3-9-27-14/h3-4,9,13H,5-8,10-11H2,1-2H3,(H,20,24)/p+1/t18-/m1/s1. The molecule has 1 aliphatic rings. The number of thiophene rings is 1. The number of nitriles is 1. The minimum atomic E-state index is -0.791. The van der Waals surface area contributed by atoms with Gasteiger partial charge in [0.25, 0.3) is 17.7 Å². The van der Waals surface area contributed by atoms with E-state index in [9.17, 15) is 10.1 Å². The van der Waals surface area contributed by atoms with Gasteiger partial charge in [-0.3, -0.25) is 4.79 Å². The van der Waals surface area contributed by atoms with Crippen molar-refractivity contribution in [2.24, 2.45) is 5.92 Å². The van der Waals surface area contributed by atoms with Gasteiger partial charge in [0, 0.05) is 7.11 Å². The third kappa shape index (κ3) is 5.13. The molecule has 27 heavy (non-hydrogen) atoms. The lowest BCUT2D eigenvalue weighted by Gasteiger charge is -2.24. The van der Waals surface area contributed by atoms with E-state index in [1.54, 1.807) is 14.0 Å². The highest BCUT2D eigenvalue weighted by molar-refractivity contribution is 7.13. The molecule has 1 saturated carbocycles. The molecule has 2 aromatic rings. The molecule has 1 unspecified atom stereocenters. The zero-order chi connectivity index (χ0) is 19.3. The van der Waals surface area contributed by atoms with Crippen molar-refractivity contribution in [2.45, 2.75) is 31.8 Å². The number of amides is 1. The molecule has 2 heterocycles. The van der Waals surface area contributed by atoms with Crippen LogP contribution >= 0.6 is 11.3 Å². The molecule has 0 aliphatic heterocycles. The number of carbonyl (C=O) groups excluding carboxylic acids is 1. The number of hydrogen-bond donors (Lipinski definition) is 2. The van der Waals surface area contributed by atoms with E-state index >= 15 is 0 Å². The molecule has 0 radical (unpaired) electrons. The van der Waals surface area contributed by atoms with Crippen molar-refractivity contribution in [3.63, 3.8) is 0 Å². The van der Waals surface area contributed by atoms with Crippen molar-refractivity contribution in [2.75, 3.05) is 26.8 Å². The van der Waals surface area contributed by atoms with Crippen LogP contribution in [-0.2, 0) is 16.1 Å². The third-order valence-corrected chi connectivity index (χ3v) is 5.55. The Hall–Kier alpha value is -2.28. The van der Waals surface area contributed by atoms with Gasteiger partial charge in [0.05, 0.1) is 17.6 Å². The summed E-state index contributed by atoms with van der Waals surface area (Å²) in [5, 5.41) is 22.5. The van der Waals surface area contributed by atoms with Gasteiger partial charge in [-0.05, 0) is 37.1 Å². The number of rotatable bonds is 10. The summed E-state index contributed by atoms with van der Waals surface area (Å²) in [7, 11) is 1.62. The first kappa shape index (κ1) is 19.5. The second-order valence-electron chi connectivity index (χ2n) is 6.96. The Morgan fingerprint density at radius 1 is 1.56 bits per heavy atom. The van der Waals surface area contributed by atoms with Gasteiger partial charge < -0.3 is 19.4 Å². The third-order valence-electron chi connectivity index (χ3n) is 4.70. The molecule has 1 aliphatic carbocycles. The molecule has 144 valence electrons. The summed E-state index contributed by atoms with van der Waals surface area (Å²) in [4.78, 5) is 14.4. The summed E-state index contributed by atoms with van der Waals surface area (Å²) in [6.07, 6.45) is 1.97. The maximum Gasteiger partial charge on any atom is 0.276 e. The second-order valence-corrected chi connectivity index (χ2v) is 7.91. The van der Waals surface area contributed by atoms with E-state index in [-0.39, 0.29) is 18.4 Å². The smallest absolute Gasteiger partial charge is 0.276 e. The van der Waals surface area contributed by atoms with Crippen LogP contribution in [0.2, 0.25) is 0 Å². The molecular formula is C18H24N5O3S+. The molecule has 2 aromatic heterocycles. The predicted octanol–water partition coefficient (Wildman–Crippen LogP) is 0.638. The van der Waals surface area contributed by atoms with Gasteiger partial charge in [-0.15, -0.1) is 21.5 Å². The van der Waals surface area contributed by atoms with E-state index in [0.717, 1.165) is 22.6 Å². The summed E-state index contributed by atoms with van der Waals surface area (Å²) in [6.45, 7) is 3.55. The summed E-state index contributed by atoms with van der Waals surface area (Å²) in [5.41, 5.74) is -0.791. The number of quaternary nitrogens is 1. The predicted molar refractivity (Wildman–Crippen MR) is 98.8 cm³/mol. The summed E-state index contributed by atoms with van der Waals surface area (Å²) < 4.78 is 10.9. The fourth-order valence-electron chi connectivity index (χ4n) is 2.97. The van der Waals surface area contributed by atoms with Crippen molar-refractivity contribution in [3.05, 3.63) is 23.4 Å². The quantitative estimate of drug-likeness (QED) is 0.617. The first-order valence-electron chi connectivity index (χ1n) is 8.95. The topological polar surface area (TPSA) is 105 Å². The fraction of sp³-hybridized carbons (Fsp3) is 0.556. The Kier molecular flexibility index (Phi) is 6.21. The number of nitrogens with one attached hydrogen (secondary N) is 2. The van der Waals surface area contributed by atoms with Crippen LogP contribution in [0.5, 0.6) is 0 Å². The van der Waals surface area contributed by atoms with E-state index in [2.05, 4.69) is 21.6 Å². The van der Waals surface area contributed by atoms with Crippen LogP contribution in [0.4, 0.5) is 0 Å². The highest BCUT2D eigenvalue weighted by Crippen LogP contribution is 2.39. The molecular weight excluding hydrogens is 366 g/mol. The van der Waals surface area contributed by atoms with Gasteiger partial charge in [0.2, 0.25) is 0 Å². The van der Waals surface area contributed by atoms with Crippen LogP contribution in [0.3, 0.4) is 0 Å². The second kappa shape index (κ2) is 8.61. The van der Waals surface area contributed by atoms with Gasteiger partial charge in [0.1, 0.15) is 12.1 Å². The first-order valence-corrected chi connectivity index (χ1v) is 9.83. The van der Waals surface area contributed by atoms with Crippen molar-refractivity contribution in [1.29, 1.82) is 5.26 Å². The molecule has 1 amide bonds. The van der Waals surface area contributed by atoms with E-state index in [1.807, 2.05) is 17.5 Å². The molecule has 0 aromatic carbocycles. The van der Waals surface area contributed by atoms with Crippen LogP contribution < -0.4 is 10.2 Å². The molecule has 0 bridgehead atoms. The summed E-state index contributed by atoms with van der Waals surface area (Å²) in [5.74, 6) is 1.05. The van der Waals surface area contributed by atoms with E-state index in [0.29, 0.717) is 31.5 Å². The lowest BCUT2D eigenvalue weighted by Crippen LogP contribution is -3.12. The monoisotopic (exact) mass is 390 g/mol. The van der Waals surface area contributed by atoms with Gasteiger partial charge in [0.15, 0.2) is 13.1 Å². The Bertz CT molecular complexity index is 796. The van der Waals surface area contributed by atoms with Gasteiger partial charge in [-0.1, -0.05) is 6.07 Å². The van der Waals surface area contributed by atoms with Crippen molar-refractivity contribution in [3.8, 4) is 16.8 Å². The van der Waals surface area contributed by atoms with Gasteiger partial charge in [-0.2, -0.15) is 5.26 Å². The average Bonchev–Trinajstić information content (AvgIpc) is 3.18. The highest BCUT2D eigenvalue weighted by Gasteiger charge is 2.43. The molecule has 3 rings (SSSR count). The number of aromatic nitrogens is 2. The average molecular weight is 390 g/mol. The zero-order valence-electron chi connectivity index (χ0n) is 15.5. The van der Waals surface area contributed by atoms with E-state index < -0.39 is 5.54 Å². The number of hydrogen-bond acceptors (Lipinski definition) is 7. The Labute approximate surface area is 162 Å². The molecule has 8 nitrogen and oxygen atoms in total. The molecule has 1 fully saturated rings. The summed E-state index contributed by atoms with van der Waals surface area (Å²) >= 11 is 1.53. The molecule has 9 heteroatoms. The lowest BCUT2D eigenvalue weighted by molar-refractivity contribution is -0.907.